The molecule has 4 heteroatoms. The van der Waals surface area contributed by atoms with Gasteiger partial charge in [0.15, 0.2) is 15.6 Å². The zero-order chi connectivity index (χ0) is 11.8. The Bertz CT molecular complexity index is 500. The first kappa shape index (κ1) is 11.3. The zero-order valence-corrected chi connectivity index (χ0v) is 9.96. The fraction of sp³-hybridized carbons (Fsp3) is 0.417. The molecule has 1 atom stereocenters. The summed E-state index contributed by atoms with van der Waals surface area (Å²) in [5, 5.41) is -0.367. The van der Waals surface area contributed by atoms with Crippen LogP contribution in [0, 0.1) is 0 Å². The molecule has 1 saturated heterocycles. The summed E-state index contributed by atoms with van der Waals surface area (Å²) in [6.07, 6.45) is 1.43. The van der Waals surface area contributed by atoms with Gasteiger partial charge in [0, 0.05) is 5.56 Å². The summed E-state index contributed by atoms with van der Waals surface area (Å²) >= 11 is 0. The van der Waals surface area contributed by atoms with Crippen LogP contribution in [0.2, 0.25) is 0 Å². The predicted molar refractivity (Wildman–Crippen MR) is 62.2 cm³/mol. The highest BCUT2D eigenvalue weighted by molar-refractivity contribution is 7.91. The molecule has 0 N–H and O–H groups in total. The van der Waals surface area contributed by atoms with Gasteiger partial charge in [-0.1, -0.05) is 24.3 Å². The number of benzene rings is 1. The number of sulfone groups is 1. The fourth-order valence-corrected chi connectivity index (χ4v) is 4.05. The molecule has 3 nitrogen and oxygen atoms in total. The minimum absolute atomic E-state index is 0.000768. The van der Waals surface area contributed by atoms with Crippen molar-refractivity contribution in [3.05, 3.63) is 35.4 Å². The maximum absolute atomic E-state index is 11.7. The van der Waals surface area contributed by atoms with Crippen molar-refractivity contribution in [3.8, 4) is 0 Å². The molecule has 1 aromatic carbocycles. The number of carbonyl (C=O) groups is 1. The van der Waals surface area contributed by atoms with E-state index in [-0.39, 0.29) is 16.8 Å². The van der Waals surface area contributed by atoms with Crippen molar-refractivity contribution < 1.29 is 13.2 Å². The molecule has 0 radical (unpaired) electrons. The second-order valence-corrected chi connectivity index (χ2v) is 6.48. The predicted octanol–water partition coefficient (Wildman–Crippen LogP) is 2.14. The number of carbonyl (C=O) groups excluding carboxylic acids is 1. The van der Waals surface area contributed by atoms with Gasteiger partial charge in [-0.05, 0) is 25.3 Å². The van der Waals surface area contributed by atoms with Crippen molar-refractivity contribution in [3.63, 3.8) is 0 Å². The minimum Gasteiger partial charge on any atom is -0.295 e. The lowest BCUT2D eigenvalue weighted by molar-refractivity contribution is 0.101. The van der Waals surface area contributed by atoms with Crippen molar-refractivity contribution >= 4 is 15.6 Å². The van der Waals surface area contributed by atoms with Crippen LogP contribution in [-0.2, 0) is 9.84 Å². The van der Waals surface area contributed by atoms with Gasteiger partial charge in [-0.3, -0.25) is 4.79 Å². The van der Waals surface area contributed by atoms with Crippen LogP contribution in [0.15, 0.2) is 24.3 Å². The second-order valence-electron chi connectivity index (χ2n) is 4.18. The lowest BCUT2D eigenvalue weighted by Crippen LogP contribution is -2.08. The molecule has 1 fully saturated rings. The van der Waals surface area contributed by atoms with Gasteiger partial charge in [0.2, 0.25) is 0 Å². The SMILES string of the molecule is CC(=O)c1ccc(C2CCCS2(=O)=O)cc1. The minimum atomic E-state index is -2.96. The summed E-state index contributed by atoms with van der Waals surface area (Å²) in [4.78, 5) is 11.1. The first-order chi connectivity index (χ1) is 7.50. The van der Waals surface area contributed by atoms with Crippen LogP contribution in [-0.4, -0.2) is 20.0 Å². The Morgan fingerprint density at radius 1 is 1.25 bits per heavy atom. The Kier molecular flexibility index (Phi) is 2.84. The molecule has 0 bridgehead atoms. The van der Waals surface area contributed by atoms with Crippen LogP contribution in [0.1, 0.15) is 40.9 Å². The zero-order valence-electron chi connectivity index (χ0n) is 9.14. The standard InChI is InChI=1S/C12H14O3S/c1-9(13)10-4-6-11(7-5-10)12-3-2-8-16(12,14)15/h4-7,12H,2-3,8H2,1H3. The maximum atomic E-state index is 11.7. The van der Waals surface area contributed by atoms with Gasteiger partial charge in [0.1, 0.15) is 0 Å². The molecule has 2 rings (SSSR count). The summed E-state index contributed by atoms with van der Waals surface area (Å²) in [5.41, 5.74) is 1.43. The quantitative estimate of drug-likeness (QED) is 0.742. The van der Waals surface area contributed by atoms with Crippen LogP contribution in [0.25, 0.3) is 0 Å². The molecule has 0 aliphatic carbocycles. The van der Waals surface area contributed by atoms with Crippen LogP contribution >= 0.6 is 0 Å². The Balaban J connectivity index is 2.32. The molecular weight excluding hydrogens is 224 g/mol. The fourth-order valence-electron chi connectivity index (χ4n) is 2.10. The highest BCUT2D eigenvalue weighted by Gasteiger charge is 2.32. The normalized spacial score (nSPS) is 23.2. The summed E-state index contributed by atoms with van der Waals surface area (Å²) in [5.74, 6) is 0.285. The lowest BCUT2D eigenvalue weighted by atomic mass is 10.0. The number of ketones is 1. The molecule has 0 saturated carbocycles. The Hall–Kier alpha value is -1.16. The Labute approximate surface area is 95.4 Å². The van der Waals surface area contributed by atoms with Crippen LogP contribution in [0.5, 0.6) is 0 Å². The van der Waals surface area contributed by atoms with E-state index in [0.29, 0.717) is 12.0 Å². The molecular formula is C12H14O3S. The van der Waals surface area contributed by atoms with E-state index in [1.165, 1.54) is 6.92 Å². The summed E-state index contributed by atoms with van der Waals surface area (Å²) in [7, 11) is -2.96. The van der Waals surface area contributed by atoms with Gasteiger partial charge in [0.05, 0.1) is 11.0 Å². The van der Waals surface area contributed by atoms with Gasteiger partial charge in [0.25, 0.3) is 0 Å². The first-order valence-electron chi connectivity index (χ1n) is 5.33. The van der Waals surface area contributed by atoms with Crippen LogP contribution in [0.3, 0.4) is 0 Å². The molecule has 86 valence electrons. The monoisotopic (exact) mass is 238 g/mol. The van der Waals surface area contributed by atoms with E-state index in [0.717, 1.165) is 12.0 Å². The molecule has 1 heterocycles. The second kappa shape index (κ2) is 4.01. The molecule has 0 aromatic heterocycles. The van der Waals surface area contributed by atoms with E-state index in [2.05, 4.69) is 0 Å². The van der Waals surface area contributed by atoms with Crippen molar-refractivity contribution in [1.82, 2.24) is 0 Å². The Morgan fingerprint density at radius 3 is 2.31 bits per heavy atom. The third kappa shape index (κ3) is 2.02. The lowest BCUT2D eigenvalue weighted by Gasteiger charge is -2.09. The number of rotatable bonds is 2. The van der Waals surface area contributed by atoms with E-state index >= 15 is 0 Å². The van der Waals surface area contributed by atoms with Crippen LogP contribution < -0.4 is 0 Å². The van der Waals surface area contributed by atoms with Gasteiger partial charge in [-0.2, -0.15) is 0 Å². The number of Topliss-reactive ketones (excluding diaryl/α,β-unsaturated/α-hetero) is 1. The Morgan fingerprint density at radius 2 is 1.88 bits per heavy atom. The highest BCUT2D eigenvalue weighted by Crippen LogP contribution is 2.34. The van der Waals surface area contributed by atoms with Crippen molar-refractivity contribution in [2.24, 2.45) is 0 Å². The first-order valence-corrected chi connectivity index (χ1v) is 7.05. The molecule has 0 amide bonds. The average molecular weight is 238 g/mol. The molecule has 1 unspecified atom stereocenters. The van der Waals surface area contributed by atoms with Crippen LogP contribution in [0.4, 0.5) is 0 Å². The van der Waals surface area contributed by atoms with E-state index in [9.17, 15) is 13.2 Å². The van der Waals surface area contributed by atoms with Gasteiger partial charge in [-0.25, -0.2) is 8.42 Å². The maximum Gasteiger partial charge on any atom is 0.159 e. The summed E-state index contributed by atoms with van der Waals surface area (Å²) < 4.78 is 23.4. The number of hydrogen-bond acceptors (Lipinski definition) is 3. The van der Waals surface area contributed by atoms with E-state index in [1.807, 2.05) is 0 Å². The van der Waals surface area contributed by atoms with Gasteiger partial charge in [-0.15, -0.1) is 0 Å². The van der Waals surface area contributed by atoms with Crippen molar-refractivity contribution in [1.29, 1.82) is 0 Å². The molecule has 1 aromatic rings. The largest absolute Gasteiger partial charge is 0.295 e. The summed E-state index contributed by atoms with van der Waals surface area (Å²) in [6.45, 7) is 1.50. The average Bonchev–Trinajstić information content (AvgIpc) is 2.58. The highest BCUT2D eigenvalue weighted by atomic mass is 32.2. The third-order valence-corrected chi connectivity index (χ3v) is 5.25. The van der Waals surface area contributed by atoms with Gasteiger partial charge < -0.3 is 0 Å². The van der Waals surface area contributed by atoms with E-state index in [4.69, 9.17) is 0 Å². The molecule has 0 spiro atoms. The molecule has 1 aliphatic heterocycles. The third-order valence-electron chi connectivity index (χ3n) is 3.02. The summed E-state index contributed by atoms with van der Waals surface area (Å²) in [6, 6.07) is 6.91. The van der Waals surface area contributed by atoms with Gasteiger partial charge >= 0.3 is 0 Å². The van der Waals surface area contributed by atoms with Crippen molar-refractivity contribution in [2.75, 3.05) is 5.75 Å². The van der Waals surface area contributed by atoms with Crippen molar-refractivity contribution in [2.45, 2.75) is 25.0 Å². The van der Waals surface area contributed by atoms with E-state index in [1.54, 1.807) is 24.3 Å². The van der Waals surface area contributed by atoms with E-state index < -0.39 is 9.84 Å². The molecule has 16 heavy (non-hydrogen) atoms. The molecule has 1 aliphatic rings. The number of hydrogen-bond donors (Lipinski definition) is 0. The topological polar surface area (TPSA) is 51.2 Å². The smallest absolute Gasteiger partial charge is 0.159 e.